The highest BCUT2D eigenvalue weighted by Crippen LogP contribution is 2.28. The molecule has 5 nitrogen and oxygen atoms in total. The molecule has 0 unspecified atom stereocenters. The van der Waals surface area contributed by atoms with E-state index in [0.29, 0.717) is 12.6 Å². The number of rotatable bonds is 5. The Kier molecular flexibility index (Phi) is 4.51. The molecule has 21 heavy (non-hydrogen) atoms. The van der Waals surface area contributed by atoms with Crippen LogP contribution in [-0.4, -0.2) is 52.8 Å². The summed E-state index contributed by atoms with van der Waals surface area (Å²) < 4.78 is 7.60. The van der Waals surface area contributed by atoms with Crippen molar-refractivity contribution < 1.29 is 4.74 Å². The lowest BCUT2D eigenvalue weighted by atomic mass is 10.0. The minimum Gasteiger partial charge on any atom is -0.384 e. The second-order valence-corrected chi connectivity index (χ2v) is 5.65. The van der Waals surface area contributed by atoms with Gasteiger partial charge in [-0.05, 0) is 31.5 Å². The van der Waals surface area contributed by atoms with Gasteiger partial charge in [0, 0.05) is 38.9 Å². The number of imidazole rings is 1. The van der Waals surface area contributed by atoms with Crippen LogP contribution in [0.2, 0.25) is 0 Å². The summed E-state index contributed by atoms with van der Waals surface area (Å²) >= 11 is 0. The van der Waals surface area contributed by atoms with Crippen molar-refractivity contribution in [2.45, 2.75) is 32.2 Å². The van der Waals surface area contributed by atoms with E-state index in [-0.39, 0.29) is 0 Å². The van der Waals surface area contributed by atoms with Crippen LogP contribution in [0.25, 0.3) is 11.2 Å². The molecule has 2 aromatic heterocycles. The van der Waals surface area contributed by atoms with Gasteiger partial charge in [0.25, 0.3) is 0 Å². The first kappa shape index (κ1) is 14.5. The Hall–Kier alpha value is -1.46. The summed E-state index contributed by atoms with van der Waals surface area (Å²) in [6.07, 6.45) is 5.06. The molecule has 0 aliphatic carbocycles. The van der Waals surface area contributed by atoms with Crippen LogP contribution >= 0.6 is 0 Å². The quantitative estimate of drug-likeness (QED) is 0.846. The van der Waals surface area contributed by atoms with Gasteiger partial charge >= 0.3 is 0 Å². The molecule has 0 atom stereocenters. The topological polar surface area (TPSA) is 43.2 Å². The SMILES string of the molecule is CCN1CCC(n2c(CCOC)nc3cccnc32)CC1. The number of pyridine rings is 1. The van der Waals surface area contributed by atoms with Crippen molar-refractivity contribution in [1.82, 2.24) is 19.4 Å². The molecule has 114 valence electrons. The molecule has 3 heterocycles. The highest BCUT2D eigenvalue weighted by molar-refractivity contribution is 5.71. The second kappa shape index (κ2) is 6.54. The molecular formula is C16H24N4O. The van der Waals surface area contributed by atoms with Gasteiger partial charge < -0.3 is 14.2 Å². The number of hydrogen-bond acceptors (Lipinski definition) is 4. The van der Waals surface area contributed by atoms with Crippen LogP contribution in [0.1, 0.15) is 31.6 Å². The number of fused-ring (bicyclic) bond motifs is 1. The Morgan fingerprint density at radius 2 is 2.14 bits per heavy atom. The first-order valence-electron chi connectivity index (χ1n) is 7.86. The highest BCUT2D eigenvalue weighted by Gasteiger charge is 2.24. The van der Waals surface area contributed by atoms with Crippen LogP contribution in [0.5, 0.6) is 0 Å². The molecule has 1 aliphatic rings. The molecule has 3 rings (SSSR count). The van der Waals surface area contributed by atoms with Crippen molar-refractivity contribution in [1.29, 1.82) is 0 Å². The van der Waals surface area contributed by atoms with Gasteiger partial charge in [-0.3, -0.25) is 0 Å². The summed E-state index contributed by atoms with van der Waals surface area (Å²) in [6.45, 7) is 6.41. The average molecular weight is 288 g/mol. The molecule has 0 radical (unpaired) electrons. The van der Waals surface area contributed by atoms with Crippen LogP contribution in [0, 0.1) is 0 Å². The van der Waals surface area contributed by atoms with E-state index in [0.717, 1.165) is 43.0 Å². The molecule has 0 saturated carbocycles. The molecule has 1 aliphatic heterocycles. The molecular weight excluding hydrogens is 264 g/mol. The maximum Gasteiger partial charge on any atom is 0.160 e. The summed E-state index contributed by atoms with van der Waals surface area (Å²) in [5.74, 6) is 1.11. The number of likely N-dealkylation sites (tertiary alicyclic amines) is 1. The van der Waals surface area contributed by atoms with Gasteiger partial charge in [-0.25, -0.2) is 9.97 Å². The number of methoxy groups -OCH3 is 1. The summed E-state index contributed by atoms with van der Waals surface area (Å²) in [6, 6.07) is 4.52. The number of piperidine rings is 1. The maximum atomic E-state index is 5.24. The first-order valence-corrected chi connectivity index (χ1v) is 7.86. The highest BCUT2D eigenvalue weighted by atomic mass is 16.5. The summed E-state index contributed by atoms with van der Waals surface area (Å²) in [5.41, 5.74) is 2.03. The van der Waals surface area contributed by atoms with E-state index in [4.69, 9.17) is 9.72 Å². The van der Waals surface area contributed by atoms with Crippen molar-refractivity contribution in [3.8, 4) is 0 Å². The molecule has 0 bridgehead atoms. The lowest BCUT2D eigenvalue weighted by Crippen LogP contribution is -2.34. The van der Waals surface area contributed by atoms with Crippen molar-refractivity contribution in [3.05, 3.63) is 24.2 Å². The lowest BCUT2D eigenvalue weighted by Gasteiger charge is -2.32. The smallest absolute Gasteiger partial charge is 0.160 e. The van der Waals surface area contributed by atoms with E-state index in [1.165, 1.54) is 12.8 Å². The molecule has 2 aromatic rings. The molecule has 1 saturated heterocycles. The van der Waals surface area contributed by atoms with Gasteiger partial charge in [0.05, 0.1) is 6.61 Å². The minimum absolute atomic E-state index is 0.513. The Morgan fingerprint density at radius 3 is 2.86 bits per heavy atom. The van der Waals surface area contributed by atoms with Gasteiger partial charge in [0.15, 0.2) is 5.65 Å². The van der Waals surface area contributed by atoms with Crippen LogP contribution in [0.3, 0.4) is 0 Å². The standard InChI is InChI=1S/C16H24N4O/c1-3-19-10-6-13(7-11-19)20-15(8-12-21-2)18-14-5-4-9-17-16(14)20/h4-5,9,13H,3,6-8,10-12H2,1-2H3. The van der Waals surface area contributed by atoms with E-state index < -0.39 is 0 Å². The summed E-state index contributed by atoms with van der Waals surface area (Å²) in [7, 11) is 1.74. The first-order chi connectivity index (χ1) is 10.3. The number of ether oxygens (including phenoxy) is 1. The van der Waals surface area contributed by atoms with Crippen LogP contribution in [-0.2, 0) is 11.2 Å². The Morgan fingerprint density at radius 1 is 1.33 bits per heavy atom. The number of nitrogens with zero attached hydrogens (tertiary/aromatic N) is 4. The van der Waals surface area contributed by atoms with Crippen molar-refractivity contribution >= 4 is 11.2 Å². The van der Waals surface area contributed by atoms with Gasteiger partial charge in [-0.1, -0.05) is 6.92 Å². The lowest BCUT2D eigenvalue weighted by molar-refractivity contribution is 0.185. The Labute approximate surface area is 125 Å². The van der Waals surface area contributed by atoms with Gasteiger partial charge in [0.2, 0.25) is 0 Å². The predicted octanol–water partition coefficient (Wildman–Crippen LogP) is 2.28. The third kappa shape index (κ3) is 2.94. The fourth-order valence-electron chi connectivity index (χ4n) is 3.22. The van der Waals surface area contributed by atoms with Gasteiger partial charge in [-0.2, -0.15) is 0 Å². The predicted molar refractivity (Wildman–Crippen MR) is 83.5 cm³/mol. The molecule has 0 N–H and O–H groups in total. The van der Waals surface area contributed by atoms with Gasteiger partial charge in [0.1, 0.15) is 11.3 Å². The summed E-state index contributed by atoms with van der Waals surface area (Å²) in [5, 5.41) is 0. The third-order valence-electron chi connectivity index (χ3n) is 4.42. The average Bonchev–Trinajstić information content (AvgIpc) is 2.91. The van der Waals surface area contributed by atoms with E-state index in [2.05, 4.69) is 27.4 Å². The molecule has 0 amide bonds. The zero-order chi connectivity index (χ0) is 14.7. The maximum absolute atomic E-state index is 5.24. The van der Waals surface area contributed by atoms with E-state index >= 15 is 0 Å². The Bertz CT molecular complexity index is 587. The van der Waals surface area contributed by atoms with Crippen molar-refractivity contribution in [2.75, 3.05) is 33.4 Å². The zero-order valence-electron chi connectivity index (χ0n) is 13.0. The van der Waals surface area contributed by atoms with Crippen molar-refractivity contribution in [3.63, 3.8) is 0 Å². The second-order valence-electron chi connectivity index (χ2n) is 5.65. The third-order valence-corrected chi connectivity index (χ3v) is 4.42. The molecule has 0 spiro atoms. The number of hydrogen-bond donors (Lipinski definition) is 0. The number of aromatic nitrogens is 3. The van der Waals surface area contributed by atoms with E-state index in [9.17, 15) is 0 Å². The van der Waals surface area contributed by atoms with Crippen LogP contribution in [0.4, 0.5) is 0 Å². The fraction of sp³-hybridized carbons (Fsp3) is 0.625. The van der Waals surface area contributed by atoms with E-state index in [1.54, 1.807) is 7.11 Å². The Balaban J connectivity index is 1.91. The van der Waals surface area contributed by atoms with E-state index in [1.807, 2.05) is 12.3 Å². The van der Waals surface area contributed by atoms with Crippen molar-refractivity contribution in [2.24, 2.45) is 0 Å². The molecule has 1 fully saturated rings. The zero-order valence-corrected chi connectivity index (χ0v) is 13.0. The molecule has 0 aromatic carbocycles. The summed E-state index contributed by atoms with van der Waals surface area (Å²) in [4.78, 5) is 11.9. The van der Waals surface area contributed by atoms with Crippen LogP contribution < -0.4 is 0 Å². The normalized spacial score (nSPS) is 17.6. The monoisotopic (exact) mass is 288 g/mol. The van der Waals surface area contributed by atoms with Gasteiger partial charge in [-0.15, -0.1) is 0 Å². The minimum atomic E-state index is 0.513. The van der Waals surface area contributed by atoms with Crippen LogP contribution in [0.15, 0.2) is 18.3 Å². The molecule has 5 heteroatoms. The fourth-order valence-corrected chi connectivity index (χ4v) is 3.22. The largest absolute Gasteiger partial charge is 0.384 e.